The van der Waals surface area contributed by atoms with Crippen molar-refractivity contribution < 1.29 is 14.2 Å². The van der Waals surface area contributed by atoms with Gasteiger partial charge in [-0.05, 0) is 49.2 Å². The lowest BCUT2D eigenvalue weighted by Gasteiger charge is -2.38. The van der Waals surface area contributed by atoms with Gasteiger partial charge in [-0.25, -0.2) is 5.01 Å². The molecule has 5 nitrogen and oxygen atoms in total. The first-order valence-electron chi connectivity index (χ1n) is 12.9. The first-order chi connectivity index (χ1) is 18.0. The maximum atomic E-state index is 6.63. The van der Waals surface area contributed by atoms with Crippen LogP contribution in [0.15, 0.2) is 59.7 Å². The summed E-state index contributed by atoms with van der Waals surface area (Å²) < 4.78 is 18.3. The Bertz CT molecular complexity index is 1290. The van der Waals surface area contributed by atoms with Crippen LogP contribution in [-0.2, 0) is 0 Å². The smallest absolute Gasteiger partial charge is 0.214 e. The SMILES string of the molecule is CCCCCCOc1ccc(C2Oc3c(Cl)cc(Cl)cc3C3CC(c4ccc(C)cc4)=NN32)cc1OC. The molecule has 0 amide bonds. The largest absolute Gasteiger partial charge is 0.493 e. The normalized spacial score (nSPS) is 18.1. The van der Waals surface area contributed by atoms with Gasteiger partial charge in [-0.2, -0.15) is 5.10 Å². The Labute approximate surface area is 228 Å². The summed E-state index contributed by atoms with van der Waals surface area (Å²) in [4.78, 5) is 0. The van der Waals surface area contributed by atoms with E-state index >= 15 is 0 Å². The molecule has 0 saturated heterocycles. The highest BCUT2D eigenvalue weighted by Crippen LogP contribution is 2.51. The molecule has 7 heteroatoms. The van der Waals surface area contributed by atoms with Crippen molar-refractivity contribution >= 4 is 28.9 Å². The number of aryl methyl sites for hydroxylation is 1. The Morgan fingerprint density at radius 2 is 1.81 bits per heavy atom. The highest BCUT2D eigenvalue weighted by atomic mass is 35.5. The second kappa shape index (κ2) is 11.2. The molecule has 0 bridgehead atoms. The summed E-state index contributed by atoms with van der Waals surface area (Å²) in [5, 5.41) is 8.14. The van der Waals surface area contributed by atoms with Crippen molar-refractivity contribution in [1.29, 1.82) is 0 Å². The van der Waals surface area contributed by atoms with Crippen LogP contribution < -0.4 is 14.2 Å². The third kappa shape index (κ3) is 5.39. The van der Waals surface area contributed by atoms with E-state index in [2.05, 4.69) is 38.1 Å². The molecule has 0 fully saturated rings. The van der Waals surface area contributed by atoms with Crippen LogP contribution in [0.4, 0.5) is 0 Å². The number of halogens is 2. The molecule has 0 saturated carbocycles. The number of fused-ring (bicyclic) bond motifs is 3. The van der Waals surface area contributed by atoms with Gasteiger partial charge in [0.1, 0.15) is 5.75 Å². The van der Waals surface area contributed by atoms with Gasteiger partial charge in [0.15, 0.2) is 11.5 Å². The molecule has 0 spiro atoms. The van der Waals surface area contributed by atoms with Crippen LogP contribution in [0.1, 0.15) is 73.6 Å². The van der Waals surface area contributed by atoms with Gasteiger partial charge in [0.25, 0.3) is 0 Å². The highest BCUT2D eigenvalue weighted by Gasteiger charge is 2.42. The maximum absolute atomic E-state index is 6.63. The van der Waals surface area contributed by atoms with Crippen LogP contribution in [0.25, 0.3) is 0 Å². The minimum absolute atomic E-state index is 0.0539. The lowest BCUT2D eigenvalue weighted by atomic mass is 9.95. The van der Waals surface area contributed by atoms with Crippen molar-refractivity contribution in [3.8, 4) is 17.2 Å². The molecule has 194 valence electrons. The number of ether oxygens (including phenoxy) is 3. The van der Waals surface area contributed by atoms with Gasteiger partial charge in [0.2, 0.25) is 6.23 Å². The molecular formula is C30H32Cl2N2O3. The molecule has 0 radical (unpaired) electrons. The van der Waals surface area contributed by atoms with Crippen LogP contribution in [0.5, 0.6) is 17.2 Å². The summed E-state index contributed by atoms with van der Waals surface area (Å²) in [5.41, 5.74) is 5.16. The third-order valence-electron chi connectivity index (χ3n) is 6.92. The summed E-state index contributed by atoms with van der Waals surface area (Å²) in [6, 6.07) is 18.0. The van der Waals surface area contributed by atoms with Crippen molar-refractivity contribution in [2.45, 2.75) is 58.2 Å². The number of unbranched alkanes of at least 4 members (excludes halogenated alkanes) is 3. The number of nitrogens with zero attached hydrogens (tertiary/aromatic N) is 2. The Balaban J connectivity index is 1.48. The van der Waals surface area contributed by atoms with Gasteiger partial charge in [0, 0.05) is 22.6 Å². The van der Waals surface area contributed by atoms with Crippen molar-refractivity contribution in [2.75, 3.05) is 13.7 Å². The van der Waals surface area contributed by atoms with Gasteiger partial charge in [-0.3, -0.25) is 0 Å². The molecule has 2 unspecified atom stereocenters. The maximum Gasteiger partial charge on any atom is 0.214 e. The second-order valence-corrected chi connectivity index (χ2v) is 10.5. The first kappa shape index (κ1) is 25.7. The fourth-order valence-electron chi connectivity index (χ4n) is 4.92. The Morgan fingerprint density at radius 3 is 2.57 bits per heavy atom. The number of rotatable bonds is 9. The average Bonchev–Trinajstić information content (AvgIpc) is 3.34. The summed E-state index contributed by atoms with van der Waals surface area (Å²) in [6.07, 6.45) is 4.85. The van der Waals surface area contributed by atoms with Gasteiger partial charge in [-0.15, -0.1) is 0 Å². The Hall–Kier alpha value is -2.89. The summed E-state index contributed by atoms with van der Waals surface area (Å²) in [5.74, 6) is 2.04. The highest BCUT2D eigenvalue weighted by molar-refractivity contribution is 6.35. The third-order valence-corrected chi connectivity index (χ3v) is 7.42. The number of hydrazone groups is 1. The fourth-order valence-corrected chi connectivity index (χ4v) is 5.48. The molecule has 0 aromatic heterocycles. The molecule has 2 heterocycles. The van der Waals surface area contributed by atoms with Crippen LogP contribution in [0, 0.1) is 6.92 Å². The van der Waals surface area contributed by atoms with Crippen LogP contribution in [0.3, 0.4) is 0 Å². The topological polar surface area (TPSA) is 43.3 Å². The lowest BCUT2D eigenvalue weighted by molar-refractivity contribution is -0.0190. The zero-order valence-electron chi connectivity index (χ0n) is 21.5. The standard InChI is InChI=1S/C30H32Cl2N2O3/c1-4-5-6-7-14-36-27-13-12-21(15-28(27)35-3)30-34-26(23-16-22(31)17-24(32)29(23)37-30)18-25(33-34)20-10-8-19(2)9-11-20/h8-13,15-17,26,30H,4-7,14,18H2,1-3H3. The minimum atomic E-state index is -0.480. The van der Waals surface area contributed by atoms with E-state index in [1.807, 2.05) is 29.3 Å². The van der Waals surface area contributed by atoms with Gasteiger partial charge < -0.3 is 14.2 Å². The summed E-state index contributed by atoms with van der Waals surface area (Å²) in [6.45, 7) is 4.95. The predicted molar refractivity (Wildman–Crippen MR) is 149 cm³/mol. The monoisotopic (exact) mass is 538 g/mol. The lowest BCUT2D eigenvalue weighted by Crippen LogP contribution is -2.33. The van der Waals surface area contributed by atoms with Crippen LogP contribution in [0.2, 0.25) is 10.0 Å². The van der Waals surface area contributed by atoms with E-state index in [0.717, 1.165) is 47.4 Å². The van der Waals surface area contributed by atoms with Crippen molar-refractivity contribution in [3.05, 3.63) is 86.9 Å². The van der Waals surface area contributed by atoms with E-state index in [9.17, 15) is 0 Å². The summed E-state index contributed by atoms with van der Waals surface area (Å²) in [7, 11) is 1.66. The fraction of sp³-hybridized carbons (Fsp3) is 0.367. The predicted octanol–water partition coefficient (Wildman–Crippen LogP) is 8.51. The van der Waals surface area contributed by atoms with Gasteiger partial charge in [0.05, 0.1) is 30.5 Å². The molecule has 3 aromatic rings. The van der Waals surface area contributed by atoms with Crippen LogP contribution >= 0.6 is 23.2 Å². The van der Waals surface area contributed by atoms with E-state index < -0.39 is 6.23 Å². The van der Waals surface area contributed by atoms with Crippen molar-refractivity contribution in [3.63, 3.8) is 0 Å². The van der Waals surface area contributed by atoms with E-state index in [4.69, 9.17) is 42.5 Å². The zero-order chi connectivity index (χ0) is 25.9. The molecule has 2 aliphatic rings. The first-order valence-corrected chi connectivity index (χ1v) is 13.6. The molecule has 37 heavy (non-hydrogen) atoms. The number of hydrogen-bond donors (Lipinski definition) is 0. The molecule has 0 aliphatic carbocycles. The van der Waals surface area contributed by atoms with E-state index in [-0.39, 0.29) is 6.04 Å². The number of hydrogen-bond acceptors (Lipinski definition) is 5. The van der Waals surface area contributed by atoms with E-state index in [1.54, 1.807) is 13.2 Å². The van der Waals surface area contributed by atoms with E-state index in [1.165, 1.54) is 18.4 Å². The average molecular weight is 540 g/mol. The zero-order valence-corrected chi connectivity index (χ0v) is 23.0. The minimum Gasteiger partial charge on any atom is -0.493 e. The molecule has 3 aromatic carbocycles. The van der Waals surface area contributed by atoms with Gasteiger partial charge >= 0.3 is 0 Å². The van der Waals surface area contributed by atoms with Gasteiger partial charge in [-0.1, -0.05) is 79.2 Å². The van der Waals surface area contributed by atoms with Crippen molar-refractivity contribution in [1.82, 2.24) is 5.01 Å². The quantitative estimate of drug-likeness (QED) is 0.256. The molecule has 5 rings (SSSR count). The molecular weight excluding hydrogens is 507 g/mol. The Morgan fingerprint density at radius 1 is 1.00 bits per heavy atom. The molecule has 0 N–H and O–H groups in total. The number of methoxy groups -OCH3 is 1. The number of benzene rings is 3. The molecule has 2 aliphatic heterocycles. The van der Waals surface area contributed by atoms with Crippen molar-refractivity contribution in [2.24, 2.45) is 5.10 Å². The van der Waals surface area contributed by atoms with Crippen LogP contribution in [-0.4, -0.2) is 24.4 Å². The summed E-state index contributed by atoms with van der Waals surface area (Å²) >= 11 is 13.0. The second-order valence-electron chi connectivity index (χ2n) is 9.61. The Kier molecular flexibility index (Phi) is 7.82. The molecule has 2 atom stereocenters. The van der Waals surface area contributed by atoms with E-state index in [0.29, 0.717) is 28.2 Å².